The van der Waals surface area contributed by atoms with Gasteiger partial charge >= 0.3 is 15.6 Å². The van der Waals surface area contributed by atoms with Crippen molar-refractivity contribution < 1.29 is 45.5 Å². The topological polar surface area (TPSA) is 102 Å². The molecule has 0 aromatic rings. The molecule has 2 bridgehead atoms. The minimum Gasteiger partial charge on any atom is -0.387 e. The normalized spacial score (nSPS) is 41.1. The summed E-state index contributed by atoms with van der Waals surface area (Å²) in [4.78, 5) is 0. The van der Waals surface area contributed by atoms with Crippen molar-refractivity contribution in [1.29, 1.82) is 0 Å². The summed E-state index contributed by atoms with van der Waals surface area (Å²) in [7, 11) is -5.91. The SMILES string of the molecule is O=S(=O)(O[C@H]1[C@@H]2OC[C@@H](O2)[C@@H](O)[C@@H]1O)C(F)(F)F. The smallest absolute Gasteiger partial charge is 0.387 e. The molecule has 2 rings (SSSR count). The number of halogens is 3. The fraction of sp³-hybridized carbons (Fsp3) is 1.00. The van der Waals surface area contributed by atoms with E-state index in [9.17, 15) is 31.8 Å². The maximum absolute atomic E-state index is 12.1. The monoisotopic (exact) mass is 294 g/mol. The Morgan fingerprint density at radius 1 is 1.22 bits per heavy atom. The van der Waals surface area contributed by atoms with E-state index >= 15 is 0 Å². The van der Waals surface area contributed by atoms with Gasteiger partial charge in [0.05, 0.1) is 6.61 Å². The first-order valence-electron chi connectivity index (χ1n) is 4.76. The molecule has 2 heterocycles. The zero-order valence-electron chi connectivity index (χ0n) is 8.57. The summed E-state index contributed by atoms with van der Waals surface area (Å²) in [6.07, 6.45) is -7.79. The molecular weight excluding hydrogens is 285 g/mol. The zero-order valence-corrected chi connectivity index (χ0v) is 9.39. The predicted molar refractivity (Wildman–Crippen MR) is 46.5 cm³/mol. The molecule has 18 heavy (non-hydrogen) atoms. The van der Waals surface area contributed by atoms with Crippen LogP contribution in [0.1, 0.15) is 0 Å². The van der Waals surface area contributed by atoms with E-state index in [0.717, 1.165) is 0 Å². The highest BCUT2D eigenvalue weighted by atomic mass is 32.2. The largest absolute Gasteiger partial charge is 0.523 e. The van der Waals surface area contributed by atoms with Gasteiger partial charge in [0, 0.05) is 0 Å². The fourth-order valence-electron chi connectivity index (χ4n) is 1.67. The van der Waals surface area contributed by atoms with Crippen molar-refractivity contribution in [1.82, 2.24) is 0 Å². The summed E-state index contributed by atoms with van der Waals surface area (Å²) in [5.74, 6) is 0. The predicted octanol–water partition coefficient (Wildman–Crippen LogP) is -1.30. The van der Waals surface area contributed by atoms with E-state index in [1.54, 1.807) is 0 Å². The lowest BCUT2D eigenvalue weighted by molar-refractivity contribution is -0.222. The van der Waals surface area contributed by atoms with Crippen LogP contribution in [0.4, 0.5) is 13.2 Å². The van der Waals surface area contributed by atoms with Gasteiger partial charge in [0.25, 0.3) is 0 Å². The van der Waals surface area contributed by atoms with Crippen LogP contribution in [-0.2, 0) is 23.8 Å². The molecule has 0 aromatic heterocycles. The first kappa shape index (κ1) is 14.0. The number of aliphatic hydroxyl groups excluding tert-OH is 2. The molecule has 5 atom stereocenters. The van der Waals surface area contributed by atoms with Crippen LogP contribution in [0.3, 0.4) is 0 Å². The van der Waals surface area contributed by atoms with Gasteiger partial charge in [-0.1, -0.05) is 0 Å². The van der Waals surface area contributed by atoms with Gasteiger partial charge in [-0.25, -0.2) is 0 Å². The molecule has 0 spiro atoms. The van der Waals surface area contributed by atoms with Crippen molar-refractivity contribution in [2.75, 3.05) is 6.61 Å². The minimum atomic E-state index is -5.91. The second kappa shape index (κ2) is 4.28. The van der Waals surface area contributed by atoms with Crippen molar-refractivity contribution in [3.63, 3.8) is 0 Å². The summed E-state index contributed by atoms with van der Waals surface area (Å²) in [5, 5.41) is 18.9. The Kier molecular flexibility index (Phi) is 3.32. The lowest BCUT2D eigenvalue weighted by Crippen LogP contribution is -2.56. The average molecular weight is 294 g/mol. The van der Waals surface area contributed by atoms with Crippen molar-refractivity contribution in [2.24, 2.45) is 0 Å². The Hall–Kier alpha value is -0.460. The first-order valence-corrected chi connectivity index (χ1v) is 6.17. The highest BCUT2D eigenvalue weighted by Crippen LogP contribution is 2.34. The van der Waals surface area contributed by atoms with Crippen LogP contribution in [0.15, 0.2) is 0 Å². The highest BCUT2D eigenvalue weighted by Gasteiger charge is 2.56. The third-order valence-corrected chi connectivity index (χ3v) is 3.63. The summed E-state index contributed by atoms with van der Waals surface area (Å²) >= 11 is 0. The van der Waals surface area contributed by atoms with Gasteiger partial charge in [-0.3, -0.25) is 4.18 Å². The minimum absolute atomic E-state index is 0.172. The standard InChI is InChI=1S/C7H9F3O7S/c8-7(9,10)18(13,14)17-5-4(12)3(11)2-1-15-6(5)16-2/h2-6,11-12H,1H2/t2-,3-,4+,5-,6-/m1/s1. The van der Waals surface area contributed by atoms with E-state index < -0.39 is 46.3 Å². The fourth-order valence-corrected chi connectivity index (χ4v) is 2.28. The number of hydrogen-bond acceptors (Lipinski definition) is 7. The second-order valence-electron chi connectivity index (χ2n) is 3.82. The van der Waals surface area contributed by atoms with Gasteiger partial charge in [0.2, 0.25) is 0 Å². The van der Waals surface area contributed by atoms with Gasteiger partial charge in [-0.15, -0.1) is 0 Å². The molecule has 0 amide bonds. The number of ether oxygens (including phenoxy) is 2. The molecule has 2 saturated heterocycles. The first-order chi connectivity index (χ1) is 8.13. The van der Waals surface area contributed by atoms with E-state index in [1.807, 2.05) is 0 Å². The molecule has 0 saturated carbocycles. The number of alkyl halides is 3. The maximum atomic E-state index is 12.1. The number of hydrogen-bond donors (Lipinski definition) is 2. The number of rotatable bonds is 2. The van der Waals surface area contributed by atoms with Gasteiger partial charge in [0.15, 0.2) is 12.4 Å². The van der Waals surface area contributed by atoms with Crippen LogP contribution >= 0.6 is 0 Å². The Balaban J connectivity index is 2.18. The van der Waals surface area contributed by atoms with Crippen molar-refractivity contribution in [3.8, 4) is 0 Å². The molecule has 11 heteroatoms. The summed E-state index contributed by atoms with van der Waals surface area (Å²) < 4.78 is 71.4. The van der Waals surface area contributed by atoms with Gasteiger partial charge in [0.1, 0.15) is 18.3 Å². The molecule has 2 N–H and O–H groups in total. The third kappa shape index (κ3) is 2.21. The van der Waals surface area contributed by atoms with Crippen LogP contribution in [0, 0.1) is 0 Å². The maximum Gasteiger partial charge on any atom is 0.523 e. The van der Waals surface area contributed by atoms with Crippen LogP contribution in [-0.4, -0.2) is 61.5 Å². The van der Waals surface area contributed by atoms with Gasteiger partial charge in [-0.2, -0.15) is 21.6 Å². The lowest BCUT2D eigenvalue weighted by Gasteiger charge is -2.34. The highest BCUT2D eigenvalue weighted by molar-refractivity contribution is 7.87. The summed E-state index contributed by atoms with van der Waals surface area (Å²) in [6, 6.07) is 0. The Bertz CT molecular complexity index is 421. The molecule has 2 aliphatic rings. The summed E-state index contributed by atoms with van der Waals surface area (Å²) in [6.45, 7) is -0.172. The molecule has 7 nitrogen and oxygen atoms in total. The van der Waals surface area contributed by atoms with E-state index in [4.69, 9.17) is 9.47 Å². The average Bonchev–Trinajstić information content (AvgIpc) is 2.66. The lowest BCUT2D eigenvalue weighted by atomic mass is 10.0. The van der Waals surface area contributed by atoms with Crippen molar-refractivity contribution >= 4 is 10.1 Å². The number of aliphatic hydroxyl groups is 2. The third-order valence-electron chi connectivity index (χ3n) is 2.59. The molecule has 0 unspecified atom stereocenters. The number of fused-ring (bicyclic) bond motifs is 2. The molecule has 0 aromatic carbocycles. The van der Waals surface area contributed by atoms with Gasteiger partial charge < -0.3 is 19.7 Å². The van der Waals surface area contributed by atoms with Crippen molar-refractivity contribution in [2.45, 2.75) is 36.2 Å². The Morgan fingerprint density at radius 3 is 2.39 bits per heavy atom. The van der Waals surface area contributed by atoms with E-state index in [-0.39, 0.29) is 6.61 Å². The van der Waals surface area contributed by atoms with Crippen LogP contribution in [0.25, 0.3) is 0 Å². The van der Waals surface area contributed by atoms with E-state index in [1.165, 1.54) is 0 Å². The molecule has 0 aliphatic carbocycles. The van der Waals surface area contributed by atoms with Gasteiger partial charge in [-0.05, 0) is 0 Å². The van der Waals surface area contributed by atoms with E-state index in [0.29, 0.717) is 0 Å². The van der Waals surface area contributed by atoms with E-state index in [2.05, 4.69) is 4.18 Å². The molecule has 2 fully saturated rings. The molecule has 0 radical (unpaired) electrons. The molecular formula is C7H9F3O7S. The summed E-state index contributed by atoms with van der Waals surface area (Å²) in [5.41, 5.74) is -5.63. The second-order valence-corrected chi connectivity index (χ2v) is 5.38. The quantitative estimate of drug-likeness (QED) is 0.482. The Labute approximate surface area is 99.2 Å². The van der Waals surface area contributed by atoms with Crippen molar-refractivity contribution in [3.05, 3.63) is 0 Å². The van der Waals surface area contributed by atoms with Crippen LogP contribution < -0.4 is 0 Å². The molecule has 2 aliphatic heterocycles. The van der Waals surface area contributed by atoms with Crippen LogP contribution in [0.2, 0.25) is 0 Å². The molecule has 106 valence electrons. The Morgan fingerprint density at radius 2 is 1.83 bits per heavy atom. The van der Waals surface area contributed by atoms with Crippen LogP contribution in [0.5, 0.6) is 0 Å². The zero-order chi connectivity index (χ0) is 13.7.